The Bertz CT molecular complexity index is 875. The summed E-state index contributed by atoms with van der Waals surface area (Å²) < 4.78 is 4.74. The van der Waals surface area contributed by atoms with Gasteiger partial charge in [-0.3, -0.25) is 14.5 Å². The summed E-state index contributed by atoms with van der Waals surface area (Å²) in [7, 11) is 1.42. The van der Waals surface area contributed by atoms with Crippen LogP contribution in [0.4, 0.5) is 17.1 Å². The topological polar surface area (TPSA) is 65.1 Å². The number of piperazine rings is 1. The molecule has 1 fully saturated rings. The van der Waals surface area contributed by atoms with Crippen LogP contribution < -0.4 is 15.1 Å². The summed E-state index contributed by atoms with van der Waals surface area (Å²) in [4.78, 5) is 30.8. The molecule has 1 aliphatic heterocycles. The van der Waals surface area contributed by atoms with Crippen molar-refractivity contribution in [3.05, 3.63) is 54.1 Å². The van der Waals surface area contributed by atoms with Gasteiger partial charge in [0.2, 0.25) is 0 Å². The molecule has 0 aliphatic carbocycles. The molecule has 1 saturated heterocycles. The number of esters is 1. The van der Waals surface area contributed by atoms with Crippen molar-refractivity contribution in [1.29, 1.82) is 0 Å². The lowest BCUT2D eigenvalue weighted by atomic mass is 10.1. The fourth-order valence-corrected chi connectivity index (χ4v) is 3.93. The van der Waals surface area contributed by atoms with Gasteiger partial charge in [0.05, 0.1) is 13.7 Å². The minimum Gasteiger partial charge on any atom is -0.468 e. The molecule has 0 atom stereocenters. The van der Waals surface area contributed by atoms with Gasteiger partial charge in [0.15, 0.2) is 0 Å². The first-order valence-electron chi connectivity index (χ1n) is 11.3. The van der Waals surface area contributed by atoms with Crippen LogP contribution in [0.5, 0.6) is 0 Å². The van der Waals surface area contributed by atoms with Crippen LogP contribution in [0.3, 0.4) is 0 Å². The predicted octanol–water partition coefficient (Wildman–Crippen LogP) is 3.47. The highest BCUT2D eigenvalue weighted by Crippen LogP contribution is 2.21. The van der Waals surface area contributed by atoms with Gasteiger partial charge in [0.1, 0.15) is 0 Å². The largest absolute Gasteiger partial charge is 0.468 e. The number of rotatable bonds is 9. The van der Waals surface area contributed by atoms with Gasteiger partial charge in [-0.2, -0.15) is 0 Å². The number of ether oxygens (including phenoxy) is 1. The molecule has 2 aromatic rings. The van der Waals surface area contributed by atoms with Crippen molar-refractivity contribution in [3.63, 3.8) is 0 Å². The Labute approximate surface area is 190 Å². The maximum atomic E-state index is 12.6. The Balaban J connectivity index is 1.53. The quantitative estimate of drug-likeness (QED) is 0.605. The molecule has 3 rings (SSSR count). The van der Waals surface area contributed by atoms with Gasteiger partial charge in [0, 0.05) is 61.9 Å². The second-order valence-electron chi connectivity index (χ2n) is 7.97. The van der Waals surface area contributed by atoms with Crippen molar-refractivity contribution >= 4 is 28.9 Å². The highest BCUT2D eigenvalue weighted by molar-refractivity contribution is 6.04. The minimum absolute atomic E-state index is 0.112. The summed E-state index contributed by atoms with van der Waals surface area (Å²) in [6, 6.07) is 15.7. The smallest absolute Gasteiger partial charge is 0.319 e. The zero-order chi connectivity index (χ0) is 22.9. The van der Waals surface area contributed by atoms with Crippen molar-refractivity contribution in [2.75, 3.05) is 68.0 Å². The molecular weight excluding hydrogens is 404 g/mol. The molecule has 172 valence electrons. The number of methoxy groups -OCH3 is 1. The van der Waals surface area contributed by atoms with Gasteiger partial charge in [-0.05, 0) is 61.9 Å². The van der Waals surface area contributed by atoms with Crippen LogP contribution in [0.2, 0.25) is 0 Å². The van der Waals surface area contributed by atoms with E-state index in [2.05, 4.69) is 33.9 Å². The molecule has 7 nitrogen and oxygen atoms in total. The van der Waals surface area contributed by atoms with Crippen molar-refractivity contribution in [3.8, 4) is 0 Å². The zero-order valence-electron chi connectivity index (χ0n) is 19.3. The van der Waals surface area contributed by atoms with E-state index < -0.39 is 0 Å². The third-order valence-electron chi connectivity index (χ3n) is 5.81. The molecule has 1 heterocycles. The summed E-state index contributed by atoms with van der Waals surface area (Å²) in [6.07, 6.45) is 1.09. The number of hydrogen-bond donors (Lipinski definition) is 1. The number of carbonyl (C=O) groups is 2. The third kappa shape index (κ3) is 6.23. The van der Waals surface area contributed by atoms with Crippen LogP contribution in [0.15, 0.2) is 48.5 Å². The first-order chi connectivity index (χ1) is 15.5. The molecule has 1 aliphatic rings. The van der Waals surface area contributed by atoms with Gasteiger partial charge in [-0.15, -0.1) is 0 Å². The van der Waals surface area contributed by atoms with E-state index in [-0.39, 0.29) is 11.9 Å². The summed E-state index contributed by atoms with van der Waals surface area (Å²) in [5.74, 6) is -0.309. The monoisotopic (exact) mass is 438 g/mol. The molecule has 0 spiro atoms. The Morgan fingerprint density at radius 3 is 2.19 bits per heavy atom. The summed E-state index contributed by atoms with van der Waals surface area (Å²) >= 11 is 0. The number of nitrogens with one attached hydrogen (secondary N) is 1. The molecule has 0 saturated carbocycles. The van der Waals surface area contributed by atoms with E-state index in [9.17, 15) is 9.59 Å². The van der Waals surface area contributed by atoms with Crippen molar-refractivity contribution in [2.24, 2.45) is 0 Å². The summed E-state index contributed by atoms with van der Waals surface area (Å²) in [6.45, 7) is 9.94. The van der Waals surface area contributed by atoms with Crippen LogP contribution in [-0.4, -0.2) is 69.7 Å². The lowest BCUT2D eigenvalue weighted by Gasteiger charge is -2.35. The molecule has 2 aromatic carbocycles. The Morgan fingerprint density at radius 1 is 0.969 bits per heavy atom. The lowest BCUT2D eigenvalue weighted by molar-refractivity contribution is -0.142. The second-order valence-corrected chi connectivity index (χ2v) is 7.97. The number of anilines is 3. The molecule has 0 radical (unpaired) electrons. The van der Waals surface area contributed by atoms with Crippen molar-refractivity contribution in [2.45, 2.75) is 20.3 Å². The van der Waals surface area contributed by atoms with Crippen LogP contribution in [-0.2, 0) is 9.53 Å². The van der Waals surface area contributed by atoms with Crippen LogP contribution in [0.25, 0.3) is 0 Å². The first kappa shape index (κ1) is 23.6. The Morgan fingerprint density at radius 2 is 1.62 bits per heavy atom. The number of carbonyl (C=O) groups excluding carboxylic acids is 2. The fraction of sp³-hybridized carbons (Fsp3) is 0.440. The lowest BCUT2D eigenvalue weighted by Crippen LogP contribution is -2.48. The van der Waals surface area contributed by atoms with Crippen LogP contribution in [0.1, 0.15) is 30.6 Å². The number of amides is 1. The maximum Gasteiger partial charge on any atom is 0.319 e. The average Bonchev–Trinajstić information content (AvgIpc) is 2.83. The zero-order valence-corrected chi connectivity index (χ0v) is 19.3. The van der Waals surface area contributed by atoms with E-state index >= 15 is 0 Å². The van der Waals surface area contributed by atoms with Crippen molar-refractivity contribution < 1.29 is 14.3 Å². The van der Waals surface area contributed by atoms with Gasteiger partial charge in [-0.25, -0.2) is 0 Å². The molecular formula is C25H34N4O3. The normalized spacial score (nSPS) is 14.2. The summed E-state index contributed by atoms with van der Waals surface area (Å²) in [5.41, 5.74) is 3.67. The Kier molecular flexibility index (Phi) is 8.50. The van der Waals surface area contributed by atoms with Gasteiger partial charge >= 0.3 is 5.97 Å². The van der Waals surface area contributed by atoms with Gasteiger partial charge < -0.3 is 19.9 Å². The summed E-state index contributed by atoms with van der Waals surface area (Å²) in [5, 5.41) is 2.98. The minimum atomic E-state index is -0.197. The highest BCUT2D eigenvalue weighted by atomic mass is 16.5. The SMILES string of the molecule is CCCN(CC)c1ccc(C(=O)Nc2ccc(N3CCN(CC(=O)OC)CC3)cc2)cc1. The molecule has 0 unspecified atom stereocenters. The van der Waals surface area contributed by atoms with E-state index in [1.807, 2.05) is 48.5 Å². The molecule has 1 N–H and O–H groups in total. The first-order valence-corrected chi connectivity index (χ1v) is 11.3. The third-order valence-corrected chi connectivity index (χ3v) is 5.81. The van der Waals surface area contributed by atoms with E-state index in [1.54, 1.807) is 0 Å². The van der Waals surface area contributed by atoms with E-state index in [4.69, 9.17) is 4.74 Å². The maximum absolute atomic E-state index is 12.6. The van der Waals surface area contributed by atoms with E-state index in [0.29, 0.717) is 12.1 Å². The standard InChI is InChI=1S/C25H34N4O3/c1-4-14-28(5-2)22-10-6-20(7-11-22)25(31)26-21-8-12-23(13-9-21)29-17-15-27(16-18-29)19-24(30)32-3/h6-13H,4-5,14-19H2,1-3H3,(H,26,31). The fourth-order valence-electron chi connectivity index (χ4n) is 3.93. The molecule has 0 bridgehead atoms. The molecule has 7 heteroatoms. The van der Waals surface area contributed by atoms with Crippen LogP contribution >= 0.6 is 0 Å². The number of benzene rings is 2. The number of nitrogens with zero attached hydrogens (tertiary/aromatic N) is 3. The van der Waals surface area contributed by atoms with E-state index in [1.165, 1.54) is 7.11 Å². The molecule has 1 amide bonds. The predicted molar refractivity (Wildman–Crippen MR) is 130 cm³/mol. The van der Waals surface area contributed by atoms with Gasteiger partial charge in [0.25, 0.3) is 5.91 Å². The van der Waals surface area contributed by atoms with Crippen LogP contribution in [0, 0.1) is 0 Å². The highest BCUT2D eigenvalue weighted by Gasteiger charge is 2.19. The molecule has 32 heavy (non-hydrogen) atoms. The average molecular weight is 439 g/mol. The van der Waals surface area contributed by atoms with Gasteiger partial charge in [-0.1, -0.05) is 6.92 Å². The number of hydrogen-bond acceptors (Lipinski definition) is 6. The second kappa shape index (κ2) is 11.5. The Hall–Kier alpha value is -3.06. The molecule has 0 aromatic heterocycles. The van der Waals surface area contributed by atoms with Crippen molar-refractivity contribution in [1.82, 2.24) is 4.90 Å². The van der Waals surface area contributed by atoms with E-state index in [0.717, 1.165) is 62.8 Å².